The van der Waals surface area contributed by atoms with E-state index in [2.05, 4.69) is 32.3 Å². The van der Waals surface area contributed by atoms with Gasteiger partial charge in [-0.3, -0.25) is 14.7 Å². The van der Waals surface area contributed by atoms with Crippen molar-refractivity contribution in [2.75, 3.05) is 32.8 Å². The fourth-order valence-electron chi connectivity index (χ4n) is 4.90. The number of aliphatic hydroxyl groups excluding tert-OH is 1. The van der Waals surface area contributed by atoms with Gasteiger partial charge < -0.3 is 15.2 Å². The molecule has 0 bridgehead atoms. The van der Waals surface area contributed by atoms with Crippen molar-refractivity contribution in [3.63, 3.8) is 0 Å². The van der Waals surface area contributed by atoms with Crippen molar-refractivity contribution in [3.05, 3.63) is 59.7 Å². The molecule has 2 heterocycles. The molecule has 7 heteroatoms. The topological polar surface area (TPSA) is 87.6 Å². The number of morpholine rings is 1. The Hall–Kier alpha value is -2.35. The molecule has 1 aliphatic carbocycles. The number of carbonyl (C=O) groups is 1. The summed E-state index contributed by atoms with van der Waals surface area (Å²) in [6.45, 7) is 5.53. The summed E-state index contributed by atoms with van der Waals surface area (Å²) in [7, 11) is 0. The number of nitrogens with one attached hydrogen (secondary N) is 1. The number of aryl methyl sites for hydroxylation is 1. The van der Waals surface area contributed by atoms with E-state index in [-0.39, 0.29) is 23.5 Å². The van der Waals surface area contributed by atoms with Crippen molar-refractivity contribution in [3.8, 4) is 0 Å². The first-order valence-corrected chi connectivity index (χ1v) is 11.2. The molecule has 1 aromatic heterocycles. The number of aromatic nitrogens is 2. The highest BCUT2D eigenvalue weighted by molar-refractivity contribution is 5.91. The van der Waals surface area contributed by atoms with Crippen molar-refractivity contribution in [1.29, 1.82) is 0 Å². The normalized spacial score (nSPS) is 27.4. The molecule has 0 unspecified atom stereocenters. The van der Waals surface area contributed by atoms with E-state index in [0.717, 1.165) is 51.3 Å². The van der Waals surface area contributed by atoms with Gasteiger partial charge in [0.1, 0.15) is 5.69 Å². The first kappa shape index (κ1) is 21.9. The van der Waals surface area contributed by atoms with Crippen LogP contribution in [0.2, 0.25) is 0 Å². The lowest BCUT2D eigenvalue weighted by Crippen LogP contribution is -2.48. The first-order chi connectivity index (χ1) is 15.1. The second kappa shape index (κ2) is 9.85. The molecule has 1 saturated carbocycles. The summed E-state index contributed by atoms with van der Waals surface area (Å²) in [6, 6.07) is 10.5. The maximum Gasteiger partial charge on any atom is 0.271 e. The van der Waals surface area contributed by atoms with Crippen LogP contribution < -0.4 is 5.32 Å². The molecule has 3 atom stereocenters. The molecule has 166 valence electrons. The molecule has 7 nitrogen and oxygen atoms in total. The molecule has 2 N–H and O–H groups in total. The van der Waals surface area contributed by atoms with Gasteiger partial charge in [-0.1, -0.05) is 30.3 Å². The molecular formula is C24H32N4O3. The van der Waals surface area contributed by atoms with Gasteiger partial charge in [-0.15, -0.1) is 0 Å². The summed E-state index contributed by atoms with van der Waals surface area (Å²) in [5.41, 5.74) is 2.09. The second-order valence-corrected chi connectivity index (χ2v) is 8.73. The van der Waals surface area contributed by atoms with E-state index in [9.17, 15) is 9.90 Å². The van der Waals surface area contributed by atoms with Gasteiger partial charge in [0, 0.05) is 37.3 Å². The van der Waals surface area contributed by atoms with Crippen LogP contribution in [-0.4, -0.2) is 70.9 Å². The highest BCUT2D eigenvalue weighted by Gasteiger charge is 2.40. The average molecular weight is 425 g/mol. The van der Waals surface area contributed by atoms with E-state index in [1.54, 1.807) is 6.20 Å². The molecule has 0 spiro atoms. The average Bonchev–Trinajstić information content (AvgIpc) is 2.99. The summed E-state index contributed by atoms with van der Waals surface area (Å²) in [4.78, 5) is 23.5. The molecule has 1 aliphatic heterocycles. The highest BCUT2D eigenvalue weighted by atomic mass is 16.5. The standard InChI is InChI=1S/C24H32N4O3/c1-18-15-26-20(16-25-18)23(30)27-17-24(19-5-3-2-4-6-19)9-7-21(22(29)8-10-24)28-11-13-31-14-12-28/h2-6,15-16,21-22,29H,7-14,17H2,1H3,(H,27,30)/t21-,22-,24+/m0/s1. The van der Waals surface area contributed by atoms with Crippen molar-refractivity contribution >= 4 is 5.91 Å². The van der Waals surface area contributed by atoms with Crippen LogP contribution in [0.15, 0.2) is 42.7 Å². The summed E-state index contributed by atoms with van der Waals surface area (Å²) in [6.07, 6.45) is 6.06. The highest BCUT2D eigenvalue weighted by Crippen LogP contribution is 2.39. The van der Waals surface area contributed by atoms with Gasteiger partial charge in [-0.25, -0.2) is 4.98 Å². The van der Waals surface area contributed by atoms with E-state index in [0.29, 0.717) is 18.7 Å². The van der Waals surface area contributed by atoms with Crippen LogP contribution in [0.25, 0.3) is 0 Å². The molecule has 2 aromatic rings. The van der Waals surface area contributed by atoms with Gasteiger partial charge in [-0.05, 0) is 38.2 Å². The summed E-state index contributed by atoms with van der Waals surface area (Å²) in [5, 5.41) is 14.1. The monoisotopic (exact) mass is 424 g/mol. The smallest absolute Gasteiger partial charge is 0.271 e. The lowest BCUT2D eigenvalue weighted by atomic mass is 9.74. The summed E-state index contributed by atoms with van der Waals surface area (Å²) < 4.78 is 5.50. The first-order valence-electron chi connectivity index (χ1n) is 11.2. The summed E-state index contributed by atoms with van der Waals surface area (Å²) in [5.74, 6) is -0.211. The molecule has 1 saturated heterocycles. The molecule has 31 heavy (non-hydrogen) atoms. The van der Waals surface area contributed by atoms with Gasteiger partial charge in [-0.2, -0.15) is 0 Å². The van der Waals surface area contributed by atoms with E-state index < -0.39 is 0 Å². The maximum absolute atomic E-state index is 12.7. The molecule has 0 radical (unpaired) electrons. The third-order valence-corrected chi connectivity index (χ3v) is 6.78. The third kappa shape index (κ3) is 5.11. The fourth-order valence-corrected chi connectivity index (χ4v) is 4.90. The summed E-state index contributed by atoms with van der Waals surface area (Å²) >= 11 is 0. The molecular weight excluding hydrogens is 392 g/mol. The number of aliphatic hydroxyl groups is 1. The SMILES string of the molecule is Cc1cnc(C(=O)NC[C@]2(c3ccccc3)CC[C@H](O)[C@@H](N3CCOCC3)CC2)cn1. The number of nitrogens with zero attached hydrogens (tertiary/aromatic N) is 3. The molecule has 4 rings (SSSR count). The number of carbonyl (C=O) groups excluding carboxylic acids is 1. The van der Waals surface area contributed by atoms with Gasteiger partial charge in [0.2, 0.25) is 0 Å². The Labute approximate surface area is 183 Å². The number of hydrogen-bond acceptors (Lipinski definition) is 6. The van der Waals surface area contributed by atoms with Crippen LogP contribution in [-0.2, 0) is 10.2 Å². The zero-order valence-electron chi connectivity index (χ0n) is 18.2. The molecule has 2 fully saturated rings. The minimum Gasteiger partial charge on any atom is -0.391 e. The van der Waals surface area contributed by atoms with Crippen molar-refractivity contribution in [2.24, 2.45) is 0 Å². The quantitative estimate of drug-likeness (QED) is 0.715. The van der Waals surface area contributed by atoms with Gasteiger partial charge in [0.25, 0.3) is 5.91 Å². The lowest BCUT2D eigenvalue weighted by Gasteiger charge is -2.37. The predicted octanol–water partition coefficient (Wildman–Crippen LogP) is 2.09. The van der Waals surface area contributed by atoms with Gasteiger partial charge in [0.15, 0.2) is 0 Å². The van der Waals surface area contributed by atoms with Crippen LogP contribution in [0.3, 0.4) is 0 Å². The fraction of sp³-hybridized carbons (Fsp3) is 0.542. The Bertz CT molecular complexity index is 855. The Morgan fingerprint density at radius 3 is 2.61 bits per heavy atom. The van der Waals surface area contributed by atoms with Crippen LogP contribution in [0.5, 0.6) is 0 Å². The Morgan fingerprint density at radius 1 is 1.16 bits per heavy atom. The zero-order valence-corrected chi connectivity index (χ0v) is 18.2. The zero-order chi connectivity index (χ0) is 21.7. The molecule has 2 aliphatic rings. The maximum atomic E-state index is 12.7. The number of hydrogen-bond donors (Lipinski definition) is 2. The lowest BCUT2D eigenvalue weighted by molar-refractivity contribution is -0.0236. The van der Waals surface area contributed by atoms with Crippen LogP contribution >= 0.6 is 0 Å². The molecule has 1 amide bonds. The van der Waals surface area contributed by atoms with Crippen molar-refractivity contribution in [2.45, 2.75) is 50.2 Å². The van der Waals surface area contributed by atoms with Crippen molar-refractivity contribution < 1.29 is 14.6 Å². The van der Waals surface area contributed by atoms with Crippen molar-refractivity contribution in [1.82, 2.24) is 20.2 Å². The van der Waals surface area contributed by atoms with Crippen LogP contribution in [0.4, 0.5) is 0 Å². The number of rotatable bonds is 5. The van der Waals surface area contributed by atoms with Crippen LogP contribution in [0, 0.1) is 6.92 Å². The predicted molar refractivity (Wildman–Crippen MR) is 118 cm³/mol. The molecule has 1 aromatic carbocycles. The third-order valence-electron chi connectivity index (χ3n) is 6.78. The minimum absolute atomic E-state index is 0.133. The van der Waals surface area contributed by atoms with E-state index in [4.69, 9.17) is 4.74 Å². The van der Waals surface area contributed by atoms with Gasteiger partial charge >= 0.3 is 0 Å². The largest absolute Gasteiger partial charge is 0.391 e. The second-order valence-electron chi connectivity index (χ2n) is 8.73. The number of benzene rings is 1. The van der Waals surface area contributed by atoms with Gasteiger partial charge in [0.05, 0.1) is 31.2 Å². The van der Waals surface area contributed by atoms with E-state index >= 15 is 0 Å². The van der Waals surface area contributed by atoms with Crippen LogP contribution in [0.1, 0.15) is 47.4 Å². The Kier molecular flexibility index (Phi) is 6.95. The van der Waals surface area contributed by atoms with E-state index in [1.807, 2.05) is 25.1 Å². The minimum atomic E-state index is -0.373. The Morgan fingerprint density at radius 2 is 1.90 bits per heavy atom. The number of amides is 1. The Balaban J connectivity index is 1.52. The van der Waals surface area contributed by atoms with E-state index in [1.165, 1.54) is 11.8 Å². The number of ether oxygens (including phenoxy) is 1.